The third kappa shape index (κ3) is 7.01. The molecular formula is C19H19F2N3O5S2. The maximum absolute atomic E-state index is 12.7. The third-order valence-corrected chi connectivity index (χ3v) is 6.62. The summed E-state index contributed by atoms with van der Waals surface area (Å²) >= 11 is 1.15. The molecule has 0 bridgehead atoms. The molecule has 1 N–H and O–H groups in total. The number of hydrogen-bond acceptors (Lipinski definition) is 7. The van der Waals surface area contributed by atoms with Crippen LogP contribution in [0.25, 0.3) is 0 Å². The van der Waals surface area contributed by atoms with E-state index in [-0.39, 0.29) is 16.2 Å². The normalized spacial score (nSPS) is 12.1. The predicted molar refractivity (Wildman–Crippen MR) is 109 cm³/mol. The molecule has 0 aliphatic rings. The van der Waals surface area contributed by atoms with Crippen LogP contribution in [0.4, 0.5) is 8.78 Å². The largest absolute Gasteiger partial charge is 0.435 e. The molecule has 0 fully saturated rings. The second-order valence-corrected chi connectivity index (χ2v) is 9.87. The first kappa shape index (κ1) is 24.2. The lowest BCUT2D eigenvalue weighted by molar-refractivity contribution is -0.128. The fourth-order valence-corrected chi connectivity index (χ4v) is 4.96. The Bertz CT molecular complexity index is 1100. The van der Waals surface area contributed by atoms with Crippen LogP contribution in [0.2, 0.25) is 0 Å². The van der Waals surface area contributed by atoms with Crippen LogP contribution < -0.4 is 10.1 Å². The van der Waals surface area contributed by atoms with Gasteiger partial charge in [-0.3, -0.25) is 14.5 Å². The molecule has 1 heterocycles. The molecule has 166 valence electrons. The highest BCUT2D eigenvalue weighted by Gasteiger charge is 2.31. The van der Waals surface area contributed by atoms with Crippen molar-refractivity contribution in [3.63, 3.8) is 0 Å². The zero-order valence-electron chi connectivity index (χ0n) is 16.5. The van der Waals surface area contributed by atoms with E-state index in [0.717, 1.165) is 23.3 Å². The molecule has 0 saturated carbocycles. The fraction of sp³-hybridized carbons (Fsp3) is 0.316. The lowest BCUT2D eigenvalue weighted by Crippen LogP contribution is -2.49. The Morgan fingerprint density at radius 1 is 1.26 bits per heavy atom. The van der Waals surface area contributed by atoms with Crippen LogP contribution in [0, 0.1) is 18.4 Å². The number of sulfone groups is 1. The monoisotopic (exact) mass is 471 g/mol. The number of amides is 2. The van der Waals surface area contributed by atoms with Gasteiger partial charge >= 0.3 is 6.61 Å². The van der Waals surface area contributed by atoms with Crippen LogP contribution in [0.1, 0.15) is 20.1 Å². The summed E-state index contributed by atoms with van der Waals surface area (Å²) in [5, 5.41) is 11.3. The second kappa shape index (κ2) is 10.3. The van der Waals surface area contributed by atoms with E-state index in [1.165, 1.54) is 30.3 Å². The van der Waals surface area contributed by atoms with E-state index < -0.39 is 45.8 Å². The van der Waals surface area contributed by atoms with E-state index in [2.05, 4.69) is 10.1 Å². The molecule has 12 heteroatoms. The van der Waals surface area contributed by atoms with Gasteiger partial charge in [0.15, 0.2) is 16.0 Å². The minimum Gasteiger partial charge on any atom is -0.435 e. The van der Waals surface area contributed by atoms with Crippen molar-refractivity contribution in [3.05, 3.63) is 51.7 Å². The molecule has 2 aromatic rings. The van der Waals surface area contributed by atoms with Gasteiger partial charge in [0, 0.05) is 17.5 Å². The number of aryl methyl sites for hydroxylation is 1. The molecule has 0 radical (unpaired) electrons. The van der Waals surface area contributed by atoms with Crippen LogP contribution in [0.3, 0.4) is 0 Å². The van der Waals surface area contributed by atoms with Gasteiger partial charge in [-0.15, -0.1) is 11.3 Å². The first-order valence-electron chi connectivity index (χ1n) is 8.80. The molecule has 0 aliphatic carbocycles. The van der Waals surface area contributed by atoms with E-state index in [4.69, 9.17) is 5.26 Å². The molecule has 0 spiro atoms. The number of nitrogens with zero attached hydrogens (tertiary/aromatic N) is 2. The highest BCUT2D eigenvalue weighted by Crippen LogP contribution is 2.23. The molecule has 31 heavy (non-hydrogen) atoms. The lowest BCUT2D eigenvalue weighted by atomic mass is 10.2. The smallest absolute Gasteiger partial charge is 0.387 e. The molecule has 2 rings (SSSR count). The Balaban J connectivity index is 2.25. The van der Waals surface area contributed by atoms with Crippen molar-refractivity contribution in [2.75, 3.05) is 12.8 Å². The number of nitriles is 1. The van der Waals surface area contributed by atoms with Crippen LogP contribution in [-0.2, 0) is 20.4 Å². The Morgan fingerprint density at radius 3 is 2.52 bits per heavy atom. The van der Waals surface area contributed by atoms with Crippen molar-refractivity contribution >= 4 is 33.0 Å². The van der Waals surface area contributed by atoms with Crippen molar-refractivity contribution in [1.29, 1.82) is 5.26 Å². The summed E-state index contributed by atoms with van der Waals surface area (Å²) in [4.78, 5) is 26.7. The van der Waals surface area contributed by atoms with Gasteiger partial charge in [0.2, 0.25) is 0 Å². The molecule has 0 saturated heterocycles. The zero-order chi connectivity index (χ0) is 23.2. The Kier molecular flexibility index (Phi) is 8.07. The highest BCUT2D eigenvalue weighted by molar-refractivity contribution is 7.90. The minimum atomic E-state index is -4.09. The number of para-hydroxylation sites is 1. The molecule has 1 atom stereocenters. The van der Waals surface area contributed by atoms with Crippen LogP contribution in [-0.4, -0.2) is 50.6 Å². The van der Waals surface area contributed by atoms with Gasteiger partial charge in [-0.25, -0.2) is 8.42 Å². The van der Waals surface area contributed by atoms with Crippen molar-refractivity contribution in [3.8, 4) is 11.9 Å². The topological polar surface area (TPSA) is 117 Å². The first-order chi connectivity index (χ1) is 14.5. The number of ether oxygens (including phenoxy) is 1. The maximum Gasteiger partial charge on any atom is 0.387 e. The second-order valence-electron chi connectivity index (χ2n) is 6.47. The van der Waals surface area contributed by atoms with Crippen LogP contribution >= 0.6 is 11.3 Å². The van der Waals surface area contributed by atoms with Crippen molar-refractivity contribution in [2.24, 2.45) is 0 Å². The highest BCUT2D eigenvalue weighted by atomic mass is 32.2. The average Bonchev–Trinajstić information content (AvgIpc) is 3.13. The molecule has 0 unspecified atom stereocenters. The van der Waals surface area contributed by atoms with Crippen molar-refractivity contribution < 1.29 is 31.5 Å². The zero-order valence-corrected chi connectivity index (χ0v) is 18.2. The Morgan fingerprint density at radius 2 is 1.94 bits per heavy atom. The Labute approximate surface area is 182 Å². The summed E-state index contributed by atoms with van der Waals surface area (Å²) in [5.74, 6) is -3.44. The van der Waals surface area contributed by atoms with E-state index in [9.17, 15) is 26.8 Å². The molecular weight excluding hydrogens is 452 g/mol. The lowest BCUT2D eigenvalue weighted by Gasteiger charge is -2.20. The van der Waals surface area contributed by atoms with Gasteiger partial charge in [-0.1, -0.05) is 18.2 Å². The van der Waals surface area contributed by atoms with Gasteiger partial charge in [0.05, 0.1) is 16.4 Å². The number of carbonyl (C=O) groups is 2. The number of carbonyl (C=O) groups excluding carboxylic acids is 2. The molecule has 2 amide bonds. The number of likely N-dealkylation sites (N-methyl/N-ethyl adjacent to an activating group) is 1. The number of nitrogens with one attached hydrogen (secondary N) is 1. The number of thiophene rings is 1. The third-order valence-electron chi connectivity index (χ3n) is 4.03. The number of rotatable bonds is 9. The minimum absolute atomic E-state index is 0.0251. The molecule has 1 aromatic carbocycles. The quantitative estimate of drug-likeness (QED) is 0.443. The van der Waals surface area contributed by atoms with Gasteiger partial charge < -0.3 is 10.1 Å². The van der Waals surface area contributed by atoms with Crippen LogP contribution in [0.15, 0.2) is 36.4 Å². The summed E-state index contributed by atoms with van der Waals surface area (Å²) in [6.45, 7) is -1.37. The van der Waals surface area contributed by atoms with Gasteiger partial charge in [-0.05, 0) is 25.1 Å². The summed E-state index contributed by atoms with van der Waals surface area (Å²) < 4.78 is 55.0. The van der Waals surface area contributed by atoms with Gasteiger partial charge in [0.1, 0.15) is 11.8 Å². The first-order valence-corrected chi connectivity index (χ1v) is 11.4. The van der Waals surface area contributed by atoms with E-state index in [1.54, 1.807) is 19.2 Å². The number of alkyl halides is 2. The summed E-state index contributed by atoms with van der Waals surface area (Å²) in [7, 11) is -2.96. The summed E-state index contributed by atoms with van der Waals surface area (Å²) in [6.07, 6.45) is 1.57. The molecule has 1 aromatic heterocycles. The summed E-state index contributed by atoms with van der Waals surface area (Å²) in [5.41, 5.74) is -0.0251. The average molecular weight is 472 g/mol. The van der Waals surface area contributed by atoms with Gasteiger partial charge in [-0.2, -0.15) is 14.0 Å². The van der Waals surface area contributed by atoms with Crippen molar-refractivity contribution in [1.82, 2.24) is 10.2 Å². The fourth-order valence-electron chi connectivity index (χ4n) is 2.63. The number of halogens is 2. The van der Waals surface area contributed by atoms with E-state index in [1.807, 2.05) is 0 Å². The maximum atomic E-state index is 12.7. The van der Waals surface area contributed by atoms with Crippen molar-refractivity contribution in [2.45, 2.75) is 25.3 Å². The molecule has 8 nitrogen and oxygen atoms in total. The predicted octanol–water partition coefficient (Wildman–Crippen LogP) is 2.31. The van der Waals surface area contributed by atoms with Crippen LogP contribution in [0.5, 0.6) is 5.75 Å². The number of hydrogen-bond donors (Lipinski definition) is 1. The van der Waals surface area contributed by atoms with E-state index in [0.29, 0.717) is 4.90 Å². The SMILES string of the molecule is Cc1ccc(C(=O)N[C@@H](CS(=O)(=O)Cc2ccccc2OC(F)F)C(=O)N(C)C#N)s1. The Hall–Kier alpha value is -3.04. The summed E-state index contributed by atoms with van der Waals surface area (Å²) in [6, 6.07) is 7.03. The standard InChI is InChI=1S/C19H19F2N3O5S2/c1-12-7-8-16(30-12)17(25)23-14(18(26)24(2)11-22)10-31(27,28)9-13-5-3-4-6-15(13)29-19(20)21/h3-8,14,19H,9-10H2,1-2H3,(H,23,25)/t14-/m0/s1. The molecule has 0 aliphatic heterocycles. The van der Waals surface area contributed by atoms with Gasteiger partial charge in [0.25, 0.3) is 11.8 Å². The van der Waals surface area contributed by atoms with E-state index >= 15 is 0 Å². The number of benzene rings is 1.